The third kappa shape index (κ3) is 1.49. The minimum atomic E-state index is 0.175. The van der Waals surface area contributed by atoms with Crippen LogP contribution in [0.15, 0.2) is 12.3 Å². The molecule has 0 saturated carbocycles. The summed E-state index contributed by atoms with van der Waals surface area (Å²) < 4.78 is 0.802. The molecule has 0 spiro atoms. The summed E-state index contributed by atoms with van der Waals surface area (Å²) in [4.78, 5) is 0. The molecule has 3 nitrogen and oxygen atoms in total. The van der Waals surface area contributed by atoms with E-state index in [2.05, 4.69) is 0 Å². The van der Waals surface area contributed by atoms with Gasteiger partial charge in [-0.15, -0.1) is 0 Å². The fourth-order valence-electron chi connectivity index (χ4n) is 1.000. The molecule has 0 aromatic carbocycles. The van der Waals surface area contributed by atoms with Gasteiger partial charge in [0.2, 0.25) is 0 Å². The van der Waals surface area contributed by atoms with Gasteiger partial charge in [-0.2, -0.15) is 4.73 Å². The Hall–Kier alpha value is -1.09. The van der Waals surface area contributed by atoms with Gasteiger partial charge in [-0.1, -0.05) is 0 Å². The number of aromatic nitrogens is 1. The van der Waals surface area contributed by atoms with Crippen molar-refractivity contribution in [3.05, 3.63) is 34.3 Å². The van der Waals surface area contributed by atoms with Crippen molar-refractivity contribution < 1.29 is 4.73 Å². The molecule has 3 heteroatoms. The quantitative estimate of drug-likeness (QED) is 0.431. The lowest BCUT2D eigenvalue weighted by Crippen LogP contribution is -2.30. The molecule has 0 atom stereocenters. The monoisotopic (exact) mass is 151 g/mol. The number of rotatable bonds is 1. The number of hydrogen-bond donors (Lipinski definition) is 0. The van der Waals surface area contributed by atoms with E-state index in [1.54, 1.807) is 13.0 Å². The van der Waals surface area contributed by atoms with E-state index in [0.717, 1.165) is 15.9 Å². The molecule has 0 aliphatic heterocycles. The van der Waals surface area contributed by atoms with E-state index >= 15 is 0 Å². The second-order valence-electron chi connectivity index (χ2n) is 2.63. The number of nitrogens with zero attached hydrogens (tertiary/aromatic N) is 1. The molecule has 1 radical (unpaired) electrons. The Morgan fingerprint density at radius 2 is 2.18 bits per heavy atom. The molecule has 1 rings (SSSR count). The van der Waals surface area contributed by atoms with Crippen molar-refractivity contribution in [3.63, 3.8) is 0 Å². The van der Waals surface area contributed by atoms with Crippen LogP contribution in [0.3, 0.4) is 0 Å². The minimum Gasteiger partial charge on any atom is -0.619 e. The Morgan fingerprint density at radius 1 is 1.55 bits per heavy atom. The number of pyridine rings is 1. The number of nitrogens with one attached hydrogen (secondary N) is 1. The summed E-state index contributed by atoms with van der Waals surface area (Å²) in [7, 11) is 0. The van der Waals surface area contributed by atoms with Crippen LogP contribution in [0.1, 0.15) is 16.8 Å². The van der Waals surface area contributed by atoms with Crippen LogP contribution in [0, 0.1) is 19.1 Å². The van der Waals surface area contributed by atoms with Gasteiger partial charge in [0.15, 0.2) is 11.9 Å². The smallest absolute Gasteiger partial charge is 0.189 e. The Morgan fingerprint density at radius 3 is 2.73 bits per heavy atom. The van der Waals surface area contributed by atoms with E-state index in [1.165, 1.54) is 6.20 Å². The molecule has 0 aliphatic carbocycles. The molecule has 0 bridgehead atoms. The molecule has 0 aliphatic rings. The van der Waals surface area contributed by atoms with Crippen LogP contribution < -0.4 is 10.5 Å². The van der Waals surface area contributed by atoms with Crippen LogP contribution in [-0.4, -0.2) is 0 Å². The molecule has 1 aromatic heterocycles. The van der Waals surface area contributed by atoms with Crippen molar-refractivity contribution in [3.8, 4) is 0 Å². The highest BCUT2D eigenvalue weighted by Crippen LogP contribution is 2.04. The third-order valence-corrected chi connectivity index (χ3v) is 1.74. The van der Waals surface area contributed by atoms with Crippen molar-refractivity contribution in [2.24, 2.45) is 0 Å². The van der Waals surface area contributed by atoms with E-state index in [1.807, 2.05) is 6.92 Å². The normalized spacial score (nSPS) is 10.1. The fourth-order valence-corrected chi connectivity index (χ4v) is 1.000. The van der Waals surface area contributed by atoms with Gasteiger partial charge < -0.3 is 5.21 Å². The first-order valence-electron chi connectivity index (χ1n) is 3.49. The summed E-state index contributed by atoms with van der Waals surface area (Å²) in [5.74, 6) is 0. The van der Waals surface area contributed by atoms with Crippen molar-refractivity contribution in [2.75, 3.05) is 0 Å². The summed E-state index contributed by atoms with van der Waals surface area (Å²) in [6, 6.07) is 1.80. The zero-order valence-corrected chi connectivity index (χ0v) is 6.72. The highest BCUT2D eigenvalue weighted by Gasteiger charge is 2.04. The molecule has 1 aromatic rings. The predicted molar refractivity (Wildman–Crippen MR) is 41.7 cm³/mol. The van der Waals surface area contributed by atoms with Crippen LogP contribution in [-0.2, 0) is 6.54 Å². The Labute approximate surface area is 66.0 Å². The molecule has 1 N–H and O–H groups in total. The lowest BCUT2D eigenvalue weighted by atomic mass is 10.1. The van der Waals surface area contributed by atoms with Crippen LogP contribution in [0.5, 0.6) is 0 Å². The average Bonchev–Trinajstić information content (AvgIpc) is 1.97. The van der Waals surface area contributed by atoms with Crippen LogP contribution in [0.25, 0.3) is 0 Å². The predicted octanol–water partition coefficient (Wildman–Crippen LogP) is 0.720. The molecule has 0 amide bonds. The standard InChI is InChI=1S/C8H11N2O/c1-6-3-7(2)10(11)5-8(6)4-9/h3,5,9H,4H2,1-2H3. The van der Waals surface area contributed by atoms with Crippen LogP contribution >= 0.6 is 0 Å². The lowest BCUT2D eigenvalue weighted by molar-refractivity contribution is -0.612. The minimum absolute atomic E-state index is 0.175. The molecule has 0 unspecified atom stereocenters. The maximum Gasteiger partial charge on any atom is 0.189 e. The van der Waals surface area contributed by atoms with Gasteiger partial charge in [0.05, 0.1) is 0 Å². The van der Waals surface area contributed by atoms with Gasteiger partial charge in [-0.05, 0) is 12.5 Å². The molecule has 1 heterocycles. The second kappa shape index (κ2) is 2.88. The van der Waals surface area contributed by atoms with E-state index in [-0.39, 0.29) is 6.54 Å². The summed E-state index contributed by atoms with van der Waals surface area (Å²) in [5.41, 5.74) is 9.59. The first-order chi connectivity index (χ1) is 5.15. The molecular formula is C8H11N2O. The summed E-state index contributed by atoms with van der Waals surface area (Å²) >= 11 is 0. The summed E-state index contributed by atoms with van der Waals surface area (Å²) in [6.07, 6.45) is 1.47. The highest BCUT2D eigenvalue weighted by atomic mass is 16.5. The molecule has 0 fully saturated rings. The first-order valence-corrected chi connectivity index (χ1v) is 3.49. The van der Waals surface area contributed by atoms with E-state index in [9.17, 15) is 5.21 Å². The van der Waals surface area contributed by atoms with Crippen LogP contribution in [0.4, 0.5) is 0 Å². The number of hydrogen-bond acceptors (Lipinski definition) is 1. The van der Waals surface area contributed by atoms with E-state index in [0.29, 0.717) is 5.69 Å². The van der Waals surface area contributed by atoms with Gasteiger partial charge in [-0.3, -0.25) is 5.73 Å². The van der Waals surface area contributed by atoms with Gasteiger partial charge in [0, 0.05) is 25.1 Å². The second-order valence-corrected chi connectivity index (χ2v) is 2.63. The molecule has 11 heavy (non-hydrogen) atoms. The molecular weight excluding hydrogens is 140 g/mol. The zero-order valence-electron chi connectivity index (χ0n) is 6.72. The van der Waals surface area contributed by atoms with Gasteiger partial charge >= 0.3 is 0 Å². The zero-order chi connectivity index (χ0) is 8.43. The maximum atomic E-state index is 11.0. The van der Waals surface area contributed by atoms with Gasteiger partial charge in [0.1, 0.15) is 0 Å². The highest BCUT2D eigenvalue weighted by molar-refractivity contribution is 5.21. The van der Waals surface area contributed by atoms with Gasteiger partial charge in [-0.25, -0.2) is 0 Å². The van der Waals surface area contributed by atoms with Crippen molar-refractivity contribution in [1.29, 1.82) is 0 Å². The maximum absolute atomic E-state index is 11.0. The lowest BCUT2D eigenvalue weighted by Gasteiger charge is -2.04. The van der Waals surface area contributed by atoms with Crippen molar-refractivity contribution in [1.82, 2.24) is 5.73 Å². The Bertz CT molecular complexity index is 271. The molecule has 0 saturated heterocycles. The van der Waals surface area contributed by atoms with Crippen molar-refractivity contribution >= 4 is 0 Å². The van der Waals surface area contributed by atoms with Crippen LogP contribution in [0.2, 0.25) is 0 Å². The summed E-state index contributed by atoms with van der Waals surface area (Å²) in [5, 5.41) is 11.0. The largest absolute Gasteiger partial charge is 0.619 e. The SMILES string of the molecule is Cc1cc(C)[n+]([O-])cc1C[NH]. The number of aryl methyl sites for hydroxylation is 2. The Balaban J connectivity index is 3.21. The Kier molecular flexibility index (Phi) is 2.10. The molecule has 59 valence electrons. The fraction of sp³-hybridized carbons (Fsp3) is 0.375. The third-order valence-electron chi connectivity index (χ3n) is 1.74. The topological polar surface area (TPSA) is 50.7 Å². The van der Waals surface area contributed by atoms with Gasteiger partial charge in [0.25, 0.3) is 0 Å². The van der Waals surface area contributed by atoms with Crippen molar-refractivity contribution in [2.45, 2.75) is 20.4 Å². The van der Waals surface area contributed by atoms with E-state index < -0.39 is 0 Å². The average molecular weight is 151 g/mol. The summed E-state index contributed by atoms with van der Waals surface area (Å²) in [6.45, 7) is 3.85. The van der Waals surface area contributed by atoms with E-state index in [4.69, 9.17) is 5.73 Å². The first kappa shape index (κ1) is 8.01.